The van der Waals surface area contributed by atoms with Crippen LogP contribution in [0.3, 0.4) is 0 Å². The Morgan fingerprint density at radius 2 is 2.00 bits per heavy atom. The molecule has 1 aromatic heterocycles. The number of carbonyl (C=O) groups is 1. The van der Waals surface area contributed by atoms with E-state index in [9.17, 15) is 10.1 Å². The molecule has 3 atom stereocenters. The number of ether oxygens (including phenoxy) is 1. The van der Waals surface area contributed by atoms with Gasteiger partial charge in [0.25, 0.3) is 0 Å². The number of fused-ring (bicyclic) bond motifs is 3. The number of carbonyl (C=O) groups excluding carboxylic acids is 1. The number of likely N-dealkylation sites (tertiary alicyclic amines) is 1. The molecule has 2 saturated heterocycles. The second kappa shape index (κ2) is 10.6. The van der Waals surface area contributed by atoms with Gasteiger partial charge in [-0.05, 0) is 69.3 Å². The number of rotatable bonds is 6. The summed E-state index contributed by atoms with van der Waals surface area (Å²) >= 11 is 0. The zero-order chi connectivity index (χ0) is 29.0. The summed E-state index contributed by atoms with van der Waals surface area (Å²) in [6, 6.07) is 16.2. The van der Waals surface area contributed by atoms with Crippen molar-refractivity contribution in [3.63, 3.8) is 0 Å². The molecule has 0 bridgehead atoms. The zero-order valence-corrected chi connectivity index (χ0v) is 24.6. The second-order valence-corrected chi connectivity index (χ2v) is 12.2. The number of benzene rings is 2. The third-order valence-electron chi connectivity index (χ3n) is 9.77. The van der Waals surface area contributed by atoms with Crippen LogP contribution in [0.2, 0.25) is 0 Å². The van der Waals surface area contributed by atoms with Crippen molar-refractivity contribution in [1.29, 1.82) is 5.26 Å². The molecule has 3 fully saturated rings. The number of hydrogen-bond donors (Lipinski definition) is 0. The predicted octanol–water partition coefficient (Wildman–Crippen LogP) is 4.43. The van der Waals surface area contributed by atoms with E-state index in [2.05, 4.69) is 77.7 Å². The molecule has 0 spiro atoms. The van der Waals surface area contributed by atoms with Crippen LogP contribution in [0, 0.1) is 18.3 Å². The molecule has 1 amide bonds. The highest BCUT2D eigenvalue weighted by Crippen LogP contribution is 2.45. The molecule has 0 radical (unpaired) electrons. The molecule has 42 heavy (non-hydrogen) atoms. The normalized spacial score (nSPS) is 23.4. The minimum atomic E-state index is -0.00913. The lowest BCUT2D eigenvalue weighted by Crippen LogP contribution is -2.49. The molecule has 3 aromatic rings. The first kappa shape index (κ1) is 26.8. The van der Waals surface area contributed by atoms with E-state index < -0.39 is 0 Å². The van der Waals surface area contributed by atoms with Crippen molar-refractivity contribution in [2.75, 3.05) is 49.6 Å². The number of aryl methyl sites for hydroxylation is 1. The van der Waals surface area contributed by atoms with E-state index in [4.69, 9.17) is 9.72 Å². The summed E-state index contributed by atoms with van der Waals surface area (Å²) in [5.74, 6) is 0.439. The Morgan fingerprint density at radius 1 is 1.17 bits per heavy atom. The summed E-state index contributed by atoms with van der Waals surface area (Å²) in [6.07, 6.45) is 5.37. The standard InChI is InChI=1S/C34H38N6O2/c1-4-31(41)39-16-17-40(30-18-29(30)39)33-25-13-15-38(28-12-6-10-23-9-5-8-22(2)32(23)28)20-27(25)36-34(26(33)19-35)42-21-24-11-7-14-37(24)3/h4-6,8-10,12,24,29-30H,1,7,11,13-18,20-21H2,2-3H3/t24-,29?,30?/m0/s1. The van der Waals surface area contributed by atoms with Gasteiger partial charge in [-0.2, -0.15) is 5.26 Å². The predicted molar refractivity (Wildman–Crippen MR) is 165 cm³/mol. The van der Waals surface area contributed by atoms with Crippen LogP contribution in [0.15, 0.2) is 49.1 Å². The third kappa shape index (κ3) is 4.47. The van der Waals surface area contributed by atoms with E-state index in [-0.39, 0.29) is 18.0 Å². The van der Waals surface area contributed by atoms with Gasteiger partial charge in [0.15, 0.2) is 0 Å². The molecular weight excluding hydrogens is 524 g/mol. The Kier molecular flexibility index (Phi) is 6.78. The molecule has 1 aliphatic carbocycles. The number of nitriles is 1. The van der Waals surface area contributed by atoms with E-state index in [1.54, 1.807) is 0 Å². The summed E-state index contributed by atoms with van der Waals surface area (Å²) in [4.78, 5) is 26.6. The molecule has 4 heterocycles. The van der Waals surface area contributed by atoms with Crippen molar-refractivity contribution in [3.05, 3.63) is 71.4 Å². The van der Waals surface area contributed by atoms with E-state index in [0.717, 1.165) is 55.7 Å². The van der Waals surface area contributed by atoms with Gasteiger partial charge in [-0.15, -0.1) is 0 Å². The van der Waals surface area contributed by atoms with Crippen molar-refractivity contribution >= 4 is 28.1 Å². The molecule has 8 heteroatoms. The van der Waals surface area contributed by atoms with Crippen LogP contribution in [-0.2, 0) is 17.8 Å². The van der Waals surface area contributed by atoms with Gasteiger partial charge in [-0.25, -0.2) is 4.98 Å². The molecule has 8 nitrogen and oxygen atoms in total. The van der Waals surface area contributed by atoms with Crippen molar-refractivity contribution in [3.8, 4) is 11.9 Å². The summed E-state index contributed by atoms with van der Waals surface area (Å²) in [5, 5.41) is 13.1. The Morgan fingerprint density at radius 3 is 2.76 bits per heavy atom. The Hall–Kier alpha value is -4.09. The van der Waals surface area contributed by atoms with Crippen LogP contribution in [0.25, 0.3) is 10.8 Å². The molecule has 4 aliphatic rings. The van der Waals surface area contributed by atoms with E-state index >= 15 is 0 Å². The molecule has 2 unspecified atom stereocenters. The first-order valence-corrected chi connectivity index (χ1v) is 15.2. The number of pyridine rings is 1. The summed E-state index contributed by atoms with van der Waals surface area (Å²) in [7, 11) is 2.14. The van der Waals surface area contributed by atoms with Crippen molar-refractivity contribution in [2.45, 2.75) is 57.3 Å². The number of likely N-dealkylation sites (N-methyl/N-ethyl adjacent to an activating group) is 1. The minimum Gasteiger partial charge on any atom is -0.475 e. The molecule has 7 rings (SSSR count). The fourth-order valence-corrected chi connectivity index (χ4v) is 7.45. The second-order valence-electron chi connectivity index (χ2n) is 12.2. The maximum atomic E-state index is 12.5. The smallest absolute Gasteiger partial charge is 0.246 e. The third-order valence-corrected chi connectivity index (χ3v) is 9.77. The lowest BCUT2D eigenvalue weighted by Gasteiger charge is -2.39. The van der Waals surface area contributed by atoms with Crippen molar-refractivity contribution in [1.82, 2.24) is 14.8 Å². The number of anilines is 2. The van der Waals surface area contributed by atoms with Gasteiger partial charge < -0.3 is 24.3 Å². The fourth-order valence-electron chi connectivity index (χ4n) is 7.45. The summed E-state index contributed by atoms with van der Waals surface area (Å²) < 4.78 is 6.44. The maximum Gasteiger partial charge on any atom is 0.246 e. The molecule has 0 N–H and O–H groups in total. The molecule has 216 valence electrons. The van der Waals surface area contributed by atoms with Gasteiger partial charge in [0.05, 0.1) is 30.0 Å². The van der Waals surface area contributed by atoms with Gasteiger partial charge in [0, 0.05) is 42.3 Å². The topological polar surface area (TPSA) is 75.9 Å². The maximum absolute atomic E-state index is 12.5. The first-order valence-electron chi connectivity index (χ1n) is 15.2. The van der Waals surface area contributed by atoms with Crippen LogP contribution < -0.4 is 14.5 Å². The number of piperazine rings is 1. The van der Waals surface area contributed by atoms with Crippen LogP contribution in [0.1, 0.15) is 41.6 Å². The Labute approximate surface area is 247 Å². The van der Waals surface area contributed by atoms with Crippen LogP contribution in [0.4, 0.5) is 11.4 Å². The van der Waals surface area contributed by atoms with Gasteiger partial charge in [-0.3, -0.25) is 4.79 Å². The molecule has 1 saturated carbocycles. The van der Waals surface area contributed by atoms with Gasteiger partial charge >= 0.3 is 0 Å². The number of nitrogens with zero attached hydrogens (tertiary/aromatic N) is 6. The van der Waals surface area contributed by atoms with Gasteiger partial charge in [-0.1, -0.05) is 36.9 Å². The average Bonchev–Trinajstić information content (AvgIpc) is 3.72. The first-order chi connectivity index (χ1) is 20.5. The number of aromatic nitrogens is 1. The lowest BCUT2D eigenvalue weighted by atomic mass is 9.96. The Bertz CT molecular complexity index is 1610. The zero-order valence-electron chi connectivity index (χ0n) is 24.6. The number of amides is 1. The monoisotopic (exact) mass is 562 g/mol. The van der Waals surface area contributed by atoms with Crippen LogP contribution in [-0.4, -0.2) is 78.7 Å². The van der Waals surface area contributed by atoms with Crippen LogP contribution in [0.5, 0.6) is 5.88 Å². The largest absolute Gasteiger partial charge is 0.475 e. The summed E-state index contributed by atoms with van der Waals surface area (Å²) in [5.41, 5.74) is 6.13. The molecule has 2 aromatic carbocycles. The fraction of sp³-hybridized carbons (Fsp3) is 0.441. The number of hydrogen-bond acceptors (Lipinski definition) is 7. The van der Waals surface area contributed by atoms with E-state index in [1.807, 2.05) is 4.90 Å². The van der Waals surface area contributed by atoms with Gasteiger partial charge in [0.1, 0.15) is 18.2 Å². The van der Waals surface area contributed by atoms with Crippen LogP contribution >= 0.6 is 0 Å². The molecular formula is C34H38N6O2. The highest BCUT2D eigenvalue weighted by atomic mass is 16.5. The van der Waals surface area contributed by atoms with E-state index in [1.165, 1.54) is 28.1 Å². The minimum absolute atomic E-state index is 0.00913. The quantitative estimate of drug-likeness (QED) is 0.412. The summed E-state index contributed by atoms with van der Waals surface area (Å²) in [6.45, 7) is 10.3. The highest BCUT2D eigenvalue weighted by Gasteiger charge is 2.51. The molecule has 3 aliphatic heterocycles. The highest BCUT2D eigenvalue weighted by molar-refractivity contribution is 5.97. The lowest BCUT2D eigenvalue weighted by molar-refractivity contribution is -0.126. The van der Waals surface area contributed by atoms with Crippen molar-refractivity contribution < 1.29 is 9.53 Å². The Balaban J connectivity index is 1.28. The van der Waals surface area contributed by atoms with Crippen molar-refractivity contribution in [2.24, 2.45) is 0 Å². The van der Waals surface area contributed by atoms with Gasteiger partial charge in [0.2, 0.25) is 11.8 Å². The SMILES string of the molecule is C=CC(=O)N1CCN(c2c(C#N)c(OC[C@@H]3CCCN3C)nc3c2CCN(c2cccc4cccc(C)c24)C3)C2CC21. The van der Waals surface area contributed by atoms with E-state index in [0.29, 0.717) is 43.7 Å². The average molecular weight is 563 g/mol.